The van der Waals surface area contributed by atoms with E-state index in [1.54, 1.807) is 12.4 Å². The van der Waals surface area contributed by atoms with Gasteiger partial charge >= 0.3 is 0 Å². The summed E-state index contributed by atoms with van der Waals surface area (Å²) in [5, 5.41) is 0. The Balaban J connectivity index is 1.94. The smallest absolute Gasteiger partial charge is 0.225 e. The molecule has 0 aliphatic carbocycles. The van der Waals surface area contributed by atoms with Gasteiger partial charge in [-0.15, -0.1) is 0 Å². The first-order chi connectivity index (χ1) is 11.6. The second-order valence-corrected chi connectivity index (χ2v) is 6.73. The van der Waals surface area contributed by atoms with Gasteiger partial charge in [0.1, 0.15) is 5.82 Å². The molecule has 0 unspecified atom stereocenters. The lowest BCUT2D eigenvalue weighted by Crippen LogP contribution is -2.41. The van der Waals surface area contributed by atoms with E-state index in [0.717, 1.165) is 48.6 Å². The summed E-state index contributed by atoms with van der Waals surface area (Å²) in [5.41, 5.74) is 3.18. The Morgan fingerprint density at radius 3 is 2.75 bits per heavy atom. The number of aromatic nitrogens is 3. The van der Waals surface area contributed by atoms with Gasteiger partial charge < -0.3 is 4.90 Å². The molecule has 0 radical (unpaired) electrons. The lowest BCUT2D eigenvalue weighted by Gasteiger charge is -2.34. The van der Waals surface area contributed by atoms with Crippen molar-refractivity contribution in [1.82, 2.24) is 19.9 Å². The van der Waals surface area contributed by atoms with Crippen LogP contribution in [-0.2, 0) is 4.79 Å². The first kappa shape index (κ1) is 16.6. The fourth-order valence-corrected chi connectivity index (χ4v) is 3.32. The quantitative estimate of drug-likeness (QED) is 0.870. The average Bonchev–Trinajstić information content (AvgIpc) is 2.61. The van der Waals surface area contributed by atoms with Crippen LogP contribution in [0.4, 0.5) is 0 Å². The fourth-order valence-electron chi connectivity index (χ4n) is 3.32. The summed E-state index contributed by atoms with van der Waals surface area (Å²) in [4.78, 5) is 27.6. The molecule has 0 spiro atoms. The van der Waals surface area contributed by atoms with Crippen LogP contribution in [-0.4, -0.2) is 38.8 Å². The Morgan fingerprint density at radius 1 is 1.29 bits per heavy atom. The van der Waals surface area contributed by atoms with Gasteiger partial charge in [0.25, 0.3) is 0 Å². The molecule has 2 aromatic heterocycles. The van der Waals surface area contributed by atoms with E-state index in [2.05, 4.69) is 9.97 Å². The lowest BCUT2D eigenvalue weighted by molar-refractivity contribution is -0.135. The van der Waals surface area contributed by atoms with Crippen LogP contribution < -0.4 is 0 Å². The molecule has 3 heterocycles. The van der Waals surface area contributed by atoms with Crippen molar-refractivity contribution in [3.63, 3.8) is 0 Å². The van der Waals surface area contributed by atoms with Gasteiger partial charge in [0.05, 0.1) is 5.69 Å². The maximum absolute atomic E-state index is 12.4. The Bertz CT molecular complexity index is 715. The van der Waals surface area contributed by atoms with E-state index >= 15 is 0 Å². The minimum absolute atomic E-state index is 0.0375. The number of piperidine rings is 1. The van der Waals surface area contributed by atoms with Crippen molar-refractivity contribution in [3.05, 3.63) is 42.2 Å². The summed E-state index contributed by atoms with van der Waals surface area (Å²) in [5.74, 6) is 1.30. The molecule has 0 bridgehead atoms. The molecular weight excluding hydrogens is 300 g/mol. The van der Waals surface area contributed by atoms with Gasteiger partial charge in [-0.25, -0.2) is 9.97 Å². The summed E-state index contributed by atoms with van der Waals surface area (Å²) < 4.78 is 0. The third kappa shape index (κ3) is 3.45. The highest BCUT2D eigenvalue weighted by atomic mass is 16.2. The van der Waals surface area contributed by atoms with Crippen molar-refractivity contribution in [2.24, 2.45) is 5.92 Å². The molecule has 1 aliphatic rings. The number of hydrogen-bond acceptors (Lipinski definition) is 4. The SMILES string of the molecule is Cc1ncc(-c2ccncc2)c([C@H]2CCCN(C(=O)C(C)C)C2)n1. The number of likely N-dealkylation sites (tertiary alicyclic amines) is 1. The zero-order valence-corrected chi connectivity index (χ0v) is 14.6. The first-order valence-corrected chi connectivity index (χ1v) is 8.59. The summed E-state index contributed by atoms with van der Waals surface area (Å²) in [6, 6.07) is 3.97. The lowest BCUT2D eigenvalue weighted by atomic mass is 9.89. The van der Waals surface area contributed by atoms with E-state index in [-0.39, 0.29) is 17.7 Å². The molecule has 24 heavy (non-hydrogen) atoms. The van der Waals surface area contributed by atoms with Crippen molar-refractivity contribution in [3.8, 4) is 11.1 Å². The molecule has 3 rings (SSSR count). The number of pyridine rings is 1. The summed E-state index contributed by atoms with van der Waals surface area (Å²) in [7, 11) is 0. The van der Waals surface area contributed by atoms with E-state index in [9.17, 15) is 4.79 Å². The number of carbonyl (C=O) groups is 1. The molecule has 1 atom stereocenters. The Kier molecular flexibility index (Phi) is 4.88. The number of rotatable bonds is 3. The molecule has 126 valence electrons. The van der Waals surface area contributed by atoms with Crippen molar-refractivity contribution in [2.45, 2.75) is 39.5 Å². The zero-order valence-electron chi connectivity index (χ0n) is 14.6. The third-order valence-corrected chi connectivity index (χ3v) is 4.54. The highest BCUT2D eigenvalue weighted by Gasteiger charge is 2.28. The molecule has 5 nitrogen and oxygen atoms in total. The minimum Gasteiger partial charge on any atom is -0.342 e. The average molecular weight is 324 g/mol. The largest absolute Gasteiger partial charge is 0.342 e. The molecule has 1 amide bonds. The van der Waals surface area contributed by atoms with E-state index < -0.39 is 0 Å². The van der Waals surface area contributed by atoms with Gasteiger partial charge in [0.2, 0.25) is 5.91 Å². The number of aryl methyl sites for hydroxylation is 1. The molecule has 5 heteroatoms. The van der Waals surface area contributed by atoms with Gasteiger partial charge in [-0.2, -0.15) is 0 Å². The molecular formula is C19H24N4O. The van der Waals surface area contributed by atoms with Crippen LogP contribution in [0.2, 0.25) is 0 Å². The number of nitrogens with zero attached hydrogens (tertiary/aromatic N) is 4. The Labute approximate surface area is 143 Å². The molecule has 1 aliphatic heterocycles. The zero-order chi connectivity index (χ0) is 17.1. The normalized spacial score (nSPS) is 18.0. The summed E-state index contributed by atoms with van der Waals surface area (Å²) >= 11 is 0. The topological polar surface area (TPSA) is 59.0 Å². The second-order valence-electron chi connectivity index (χ2n) is 6.73. The van der Waals surface area contributed by atoms with E-state index in [1.165, 1.54) is 0 Å². The third-order valence-electron chi connectivity index (χ3n) is 4.54. The first-order valence-electron chi connectivity index (χ1n) is 8.59. The van der Waals surface area contributed by atoms with E-state index in [1.807, 2.05) is 44.0 Å². The van der Waals surface area contributed by atoms with Crippen LogP contribution >= 0.6 is 0 Å². The predicted octanol–water partition coefficient (Wildman–Crippen LogP) is 3.21. The number of amides is 1. The van der Waals surface area contributed by atoms with Crippen molar-refractivity contribution >= 4 is 5.91 Å². The summed E-state index contributed by atoms with van der Waals surface area (Å²) in [6.45, 7) is 7.43. The molecule has 1 fully saturated rings. The van der Waals surface area contributed by atoms with Gasteiger partial charge in [-0.1, -0.05) is 13.8 Å². The number of hydrogen-bond donors (Lipinski definition) is 0. The minimum atomic E-state index is 0.0375. The van der Waals surface area contributed by atoms with Crippen LogP contribution in [0.15, 0.2) is 30.7 Å². The molecule has 1 saturated heterocycles. The molecule has 0 aromatic carbocycles. The molecule has 0 saturated carbocycles. The van der Waals surface area contributed by atoms with Gasteiger partial charge in [0.15, 0.2) is 0 Å². The monoisotopic (exact) mass is 324 g/mol. The molecule has 2 aromatic rings. The van der Waals surface area contributed by atoms with Crippen LogP contribution in [0.25, 0.3) is 11.1 Å². The van der Waals surface area contributed by atoms with Crippen LogP contribution in [0.3, 0.4) is 0 Å². The van der Waals surface area contributed by atoms with Crippen molar-refractivity contribution in [2.75, 3.05) is 13.1 Å². The molecule has 0 N–H and O–H groups in total. The predicted molar refractivity (Wildman–Crippen MR) is 93.4 cm³/mol. The second kappa shape index (κ2) is 7.07. The highest BCUT2D eigenvalue weighted by molar-refractivity contribution is 5.78. The van der Waals surface area contributed by atoms with Crippen LogP contribution in [0.5, 0.6) is 0 Å². The Morgan fingerprint density at radius 2 is 2.04 bits per heavy atom. The maximum Gasteiger partial charge on any atom is 0.225 e. The van der Waals surface area contributed by atoms with E-state index in [4.69, 9.17) is 4.98 Å². The van der Waals surface area contributed by atoms with Crippen LogP contribution in [0.1, 0.15) is 44.1 Å². The summed E-state index contributed by atoms with van der Waals surface area (Å²) in [6.07, 6.45) is 7.54. The number of carbonyl (C=O) groups excluding carboxylic acids is 1. The maximum atomic E-state index is 12.4. The Hall–Kier alpha value is -2.30. The van der Waals surface area contributed by atoms with Crippen LogP contribution in [0, 0.1) is 12.8 Å². The van der Waals surface area contributed by atoms with Crippen molar-refractivity contribution < 1.29 is 4.79 Å². The standard InChI is InChI=1S/C19H24N4O/c1-13(2)19(24)23-10-4-5-16(12-23)18-17(11-21-14(3)22-18)15-6-8-20-9-7-15/h6-9,11,13,16H,4-5,10,12H2,1-3H3/t16-/m0/s1. The highest BCUT2D eigenvalue weighted by Crippen LogP contribution is 2.33. The van der Waals surface area contributed by atoms with Crippen molar-refractivity contribution in [1.29, 1.82) is 0 Å². The van der Waals surface area contributed by atoms with Gasteiger partial charge in [0, 0.05) is 49.1 Å². The van der Waals surface area contributed by atoms with Gasteiger partial charge in [-0.3, -0.25) is 9.78 Å². The fraction of sp³-hybridized carbons (Fsp3) is 0.474. The van der Waals surface area contributed by atoms with E-state index in [0.29, 0.717) is 0 Å². The van der Waals surface area contributed by atoms with Gasteiger partial charge in [-0.05, 0) is 37.5 Å².